The molecule has 1 saturated heterocycles. The SMILES string of the molecule is c1ccc(CC2CCN(c3cc(Nc4ccc5c(c4)OCO5)ncn3)CC2)cc1. The summed E-state index contributed by atoms with van der Waals surface area (Å²) in [6.45, 7) is 2.33. The Kier molecular flexibility index (Phi) is 4.90. The fourth-order valence-electron chi connectivity index (χ4n) is 4.02. The summed E-state index contributed by atoms with van der Waals surface area (Å²) in [5, 5.41) is 3.34. The Morgan fingerprint density at radius 3 is 2.62 bits per heavy atom. The number of nitrogens with zero attached hydrogens (tertiary/aromatic N) is 3. The number of hydrogen-bond donors (Lipinski definition) is 1. The van der Waals surface area contributed by atoms with E-state index in [0.29, 0.717) is 0 Å². The number of nitrogens with one attached hydrogen (secondary N) is 1. The van der Waals surface area contributed by atoms with Gasteiger partial charge in [0.05, 0.1) is 0 Å². The van der Waals surface area contributed by atoms with Crippen LogP contribution in [0.2, 0.25) is 0 Å². The van der Waals surface area contributed by atoms with Crippen LogP contribution in [0.1, 0.15) is 18.4 Å². The Morgan fingerprint density at radius 1 is 0.931 bits per heavy atom. The molecule has 5 rings (SSSR count). The smallest absolute Gasteiger partial charge is 0.231 e. The van der Waals surface area contributed by atoms with Gasteiger partial charge in [0, 0.05) is 30.9 Å². The topological polar surface area (TPSA) is 59.5 Å². The minimum atomic E-state index is 0.274. The molecular formula is C23H24N4O2. The van der Waals surface area contributed by atoms with Crippen molar-refractivity contribution in [3.63, 3.8) is 0 Å². The van der Waals surface area contributed by atoms with Gasteiger partial charge in [0.25, 0.3) is 0 Å². The van der Waals surface area contributed by atoms with Crippen LogP contribution in [-0.2, 0) is 6.42 Å². The molecule has 0 saturated carbocycles. The first-order valence-corrected chi connectivity index (χ1v) is 10.1. The van der Waals surface area contributed by atoms with Crippen molar-refractivity contribution in [1.82, 2.24) is 9.97 Å². The van der Waals surface area contributed by atoms with E-state index in [2.05, 4.69) is 50.5 Å². The second-order valence-electron chi connectivity index (χ2n) is 7.57. The maximum absolute atomic E-state index is 5.45. The van der Waals surface area contributed by atoms with E-state index >= 15 is 0 Å². The largest absolute Gasteiger partial charge is 0.454 e. The number of hydrogen-bond acceptors (Lipinski definition) is 6. The first-order chi connectivity index (χ1) is 14.3. The fraction of sp³-hybridized carbons (Fsp3) is 0.304. The summed E-state index contributed by atoms with van der Waals surface area (Å²) < 4.78 is 10.8. The third-order valence-corrected chi connectivity index (χ3v) is 5.60. The highest BCUT2D eigenvalue weighted by Crippen LogP contribution is 2.35. The van der Waals surface area contributed by atoms with Gasteiger partial charge in [-0.1, -0.05) is 30.3 Å². The van der Waals surface area contributed by atoms with Crippen LogP contribution in [0.4, 0.5) is 17.3 Å². The molecule has 0 atom stereocenters. The van der Waals surface area contributed by atoms with Crippen molar-refractivity contribution < 1.29 is 9.47 Å². The first-order valence-electron chi connectivity index (χ1n) is 10.1. The highest BCUT2D eigenvalue weighted by Gasteiger charge is 2.21. The lowest BCUT2D eigenvalue weighted by Crippen LogP contribution is -2.34. The van der Waals surface area contributed by atoms with Crippen LogP contribution < -0.4 is 19.7 Å². The Hall–Kier alpha value is -3.28. The molecule has 2 aliphatic rings. The van der Waals surface area contributed by atoms with Crippen LogP contribution in [0.25, 0.3) is 0 Å². The summed E-state index contributed by atoms with van der Waals surface area (Å²) in [6, 6.07) is 18.6. The summed E-state index contributed by atoms with van der Waals surface area (Å²) in [7, 11) is 0. The molecule has 3 heterocycles. The summed E-state index contributed by atoms with van der Waals surface area (Å²) in [4.78, 5) is 11.2. The van der Waals surface area contributed by atoms with Crippen molar-refractivity contribution in [2.24, 2.45) is 5.92 Å². The molecule has 6 heteroatoms. The Labute approximate surface area is 170 Å². The van der Waals surface area contributed by atoms with Gasteiger partial charge in [0.1, 0.15) is 18.0 Å². The standard InChI is InChI=1S/C23H24N4O2/c1-2-4-17(5-3-1)12-18-8-10-27(11-9-18)23-14-22(24-15-25-23)26-19-6-7-20-21(13-19)29-16-28-20/h1-7,13-15,18H,8-12,16H2,(H,24,25,26). The first kappa shape index (κ1) is 17.8. The number of rotatable bonds is 5. The third kappa shape index (κ3) is 4.11. The molecule has 29 heavy (non-hydrogen) atoms. The zero-order valence-electron chi connectivity index (χ0n) is 16.3. The van der Waals surface area contributed by atoms with Gasteiger partial charge in [0.2, 0.25) is 6.79 Å². The monoisotopic (exact) mass is 388 g/mol. The second-order valence-corrected chi connectivity index (χ2v) is 7.57. The van der Waals surface area contributed by atoms with Crippen LogP contribution in [0.15, 0.2) is 60.9 Å². The van der Waals surface area contributed by atoms with E-state index in [0.717, 1.165) is 54.3 Å². The molecule has 2 aromatic carbocycles. The van der Waals surface area contributed by atoms with E-state index in [1.807, 2.05) is 24.3 Å². The van der Waals surface area contributed by atoms with Crippen molar-refractivity contribution in [3.05, 3.63) is 66.5 Å². The van der Waals surface area contributed by atoms with Crippen molar-refractivity contribution in [1.29, 1.82) is 0 Å². The molecule has 0 radical (unpaired) electrons. The Morgan fingerprint density at radius 2 is 1.76 bits per heavy atom. The predicted octanol–water partition coefficient (Wildman–Crippen LogP) is 4.41. The van der Waals surface area contributed by atoms with Gasteiger partial charge in [0.15, 0.2) is 11.5 Å². The van der Waals surface area contributed by atoms with Crippen LogP contribution in [0.5, 0.6) is 11.5 Å². The molecule has 0 aliphatic carbocycles. The number of aromatic nitrogens is 2. The van der Waals surface area contributed by atoms with Crippen LogP contribution in [0, 0.1) is 5.92 Å². The van der Waals surface area contributed by atoms with Crippen molar-refractivity contribution in [3.8, 4) is 11.5 Å². The normalized spacial score (nSPS) is 16.1. The van der Waals surface area contributed by atoms with Gasteiger partial charge >= 0.3 is 0 Å². The molecule has 0 amide bonds. The summed E-state index contributed by atoms with van der Waals surface area (Å²) in [6.07, 6.45) is 5.16. The van der Waals surface area contributed by atoms with Gasteiger partial charge in [-0.2, -0.15) is 0 Å². The maximum atomic E-state index is 5.45. The maximum Gasteiger partial charge on any atom is 0.231 e. The van der Waals surface area contributed by atoms with Gasteiger partial charge < -0.3 is 19.7 Å². The lowest BCUT2D eigenvalue weighted by molar-refractivity contribution is 0.174. The Bertz CT molecular complexity index is 972. The number of fused-ring (bicyclic) bond motifs is 1. The minimum Gasteiger partial charge on any atom is -0.454 e. The van der Waals surface area contributed by atoms with Crippen molar-refractivity contribution >= 4 is 17.3 Å². The third-order valence-electron chi connectivity index (χ3n) is 5.60. The van der Waals surface area contributed by atoms with Crippen LogP contribution >= 0.6 is 0 Å². The second kappa shape index (κ2) is 7.99. The predicted molar refractivity (Wildman–Crippen MR) is 113 cm³/mol. The lowest BCUT2D eigenvalue weighted by atomic mass is 9.90. The molecular weight excluding hydrogens is 364 g/mol. The lowest BCUT2D eigenvalue weighted by Gasteiger charge is -2.33. The molecule has 1 fully saturated rings. The Balaban J connectivity index is 1.21. The van der Waals surface area contributed by atoms with E-state index in [1.165, 1.54) is 18.4 Å². The highest BCUT2D eigenvalue weighted by atomic mass is 16.7. The fourth-order valence-corrected chi connectivity index (χ4v) is 4.02. The van der Waals surface area contributed by atoms with Gasteiger partial charge in [-0.05, 0) is 42.9 Å². The van der Waals surface area contributed by atoms with E-state index < -0.39 is 0 Å². The quantitative estimate of drug-likeness (QED) is 0.699. The zero-order chi connectivity index (χ0) is 19.5. The van der Waals surface area contributed by atoms with E-state index in [1.54, 1.807) is 6.33 Å². The van der Waals surface area contributed by atoms with Gasteiger partial charge in [-0.3, -0.25) is 0 Å². The van der Waals surface area contributed by atoms with Crippen molar-refractivity contribution in [2.75, 3.05) is 30.1 Å². The number of ether oxygens (including phenoxy) is 2. The summed E-state index contributed by atoms with van der Waals surface area (Å²) >= 11 is 0. The average molecular weight is 388 g/mol. The number of piperidine rings is 1. The number of benzene rings is 2. The van der Waals surface area contributed by atoms with E-state index in [9.17, 15) is 0 Å². The van der Waals surface area contributed by atoms with Gasteiger partial charge in [-0.25, -0.2) is 9.97 Å². The van der Waals surface area contributed by atoms with Gasteiger partial charge in [-0.15, -0.1) is 0 Å². The minimum absolute atomic E-state index is 0.274. The summed E-state index contributed by atoms with van der Waals surface area (Å²) in [5.41, 5.74) is 2.35. The average Bonchev–Trinajstić information content (AvgIpc) is 3.23. The molecule has 1 aromatic heterocycles. The van der Waals surface area contributed by atoms with E-state index in [-0.39, 0.29) is 6.79 Å². The van der Waals surface area contributed by atoms with Crippen molar-refractivity contribution in [2.45, 2.75) is 19.3 Å². The van der Waals surface area contributed by atoms with E-state index in [4.69, 9.17) is 9.47 Å². The molecule has 0 spiro atoms. The molecule has 0 bridgehead atoms. The molecule has 0 unspecified atom stereocenters. The molecule has 3 aromatic rings. The highest BCUT2D eigenvalue weighted by molar-refractivity contribution is 5.63. The number of anilines is 3. The van der Waals surface area contributed by atoms with Crippen LogP contribution in [0.3, 0.4) is 0 Å². The molecule has 148 valence electrons. The zero-order valence-corrected chi connectivity index (χ0v) is 16.3. The molecule has 6 nitrogen and oxygen atoms in total. The molecule has 1 N–H and O–H groups in total. The molecule has 2 aliphatic heterocycles. The van der Waals surface area contributed by atoms with Crippen LogP contribution in [-0.4, -0.2) is 29.9 Å². The summed E-state index contributed by atoms with van der Waals surface area (Å²) in [5.74, 6) is 4.02.